The van der Waals surface area contributed by atoms with Crippen molar-refractivity contribution in [2.75, 3.05) is 19.8 Å². The van der Waals surface area contributed by atoms with Crippen LogP contribution >= 0.6 is 0 Å². The van der Waals surface area contributed by atoms with Gasteiger partial charge in [-0.2, -0.15) is 0 Å². The molecule has 0 aromatic heterocycles. The molecule has 44 heavy (non-hydrogen) atoms. The van der Waals surface area contributed by atoms with Gasteiger partial charge < -0.3 is 99.5 Å². The molecule has 20 atom stereocenters. The van der Waals surface area contributed by atoms with Gasteiger partial charge in [-0.1, -0.05) is 0 Å². The third-order valence-electron chi connectivity index (χ3n) is 8.14. The maximum absolute atomic E-state index is 10.8. The Morgan fingerprint density at radius 2 is 0.909 bits per heavy atom. The van der Waals surface area contributed by atoms with Crippen LogP contribution in [0.25, 0.3) is 0 Å². The lowest BCUT2D eigenvalue weighted by Crippen LogP contribution is -2.65. The molecule has 4 fully saturated rings. The quantitative estimate of drug-likeness (QED) is 0.110. The topological polar surface area (TPSA) is 328 Å². The molecular weight excluding hydrogens is 608 g/mol. The van der Waals surface area contributed by atoms with Gasteiger partial charge in [-0.05, 0) is 6.92 Å². The Morgan fingerprint density at radius 3 is 1.48 bits per heavy atom. The minimum Gasteiger partial charge on any atom is -0.394 e. The summed E-state index contributed by atoms with van der Waals surface area (Å²) in [5.74, 6) is 0. The summed E-state index contributed by atoms with van der Waals surface area (Å²) in [5.41, 5.74) is 0. The third-order valence-corrected chi connectivity index (χ3v) is 8.14. The van der Waals surface area contributed by atoms with Gasteiger partial charge >= 0.3 is 0 Å². The van der Waals surface area contributed by atoms with E-state index in [1.54, 1.807) is 0 Å². The minimum absolute atomic E-state index is 0.670. The van der Waals surface area contributed by atoms with Gasteiger partial charge in [0.15, 0.2) is 25.2 Å². The van der Waals surface area contributed by atoms with Crippen molar-refractivity contribution in [2.24, 2.45) is 0 Å². The fraction of sp³-hybridized carbons (Fsp3) is 1.00. The molecule has 0 radical (unpaired) electrons. The van der Waals surface area contributed by atoms with Crippen molar-refractivity contribution in [2.45, 2.75) is 130 Å². The largest absolute Gasteiger partial charge is 0.394 e. The van der Waals surface area contributed by atoms with E-state index in [4.69, 9.17) is 33.2 Å². The van der Waals surface area contributed by atoms with Crippen LogP contribution in [0.2, 0.25) is 0 Å². The first-order chi connectivity index (χ1) is 20.7. The summed E-state index contributed by atoms with van der Waals surface area (Å²) < 4.78 is 37.8. The van der Waals surface area contributed by atoms with Crippen molar-refractivity contribution in [1.82, 2.24) is 0 Å². The highest BCUT2D eigenvalue weighted by molar-refractivity contribution is 4.96. The monoisotopic (exact) mass is 650 g/mol. The van der Waals surface area contributed by atoms with Gasteiger partial charge in [0, 0.05) is 0 Å². The minimum atomic E-state index is -1.90. The van der Waals surface area contributed by atoms with E-state index < -0.39 is 143 Å². The van der Waals surface area contributed by atoms with E-state index >= 15 is 0 Å². The van der Waals surface area contributed by atoms with E-state index in [-0.39, 0.29) is 0 Å². The van der Waals surface area contributed by atoms with Crippen LogP contribution < -0.4 is 0 Å². The Hall–Kier alpha value is -0.800. The molecule has 0 bridgehead atoms. The highest BCUT2D eigenvalue weighted by Crippen LogP contribution is 2.32. The highest BCUT2D eigenvalue weighted by Gasteiger charge is 2.53. The Bertz CT molecular complexity index is 898. The zero-order valence-corrected chi connectivity index (χ0v) is 23.3. The zero-order chi connectivity index (χ0) is 32.6. The molecule has 13 N–H and O–H groups in total. The summed E-state index contributed by atoms with van der Waals surface area (Å²) in [4.78, 5) is 0. The van der Waals surface area contributed by atoms with Crippen LogP contribution in [0.15, 0.2) is 0 Å². The van der Waals surface area contributed by atoms with Gasteiger partial charge in [0.05, 0.1) is 25.9 Å². The van der Waals surface area contributed by atoms with E-state index in [0.717, 1.165) is 0 Å². The van der Waals surface area contributed by atoms with Crippen LogP contribution in [0, 0.1) is 0 Å². The Morgan fingerprint density at radius 1 is 0.455 bits per heavy atom. The van der Waals surface area contributed by atoms with Crippen molar-refractivity contribution in [3.63, 3.8) is 0 Å². The lowest BCUT2D eigenvalue weighted by atomic mass is 9.96. The predicted octanol–water partition coefficient (Wildman–Crippen LogP) is -8.72. The van der Waals surface area contributed by atoms with E-state index in [9.17, 15) is 66.4 Å². The summed E-state index contributed by atoms with van der Waals surface area (Å²) in [6.45, 7) is -0.874. The molecule has 0 aromatic carbocycles. The van der Waals surface area contributed by atoms with E-state index in [2.05, 4.69) is 0 Å². The van der Waals surface area contributed by atoms with Crippen molar-refractivity contribution in [3.05, 3.63) is 0 Å². The molecule has 0 spiro atoms. The summed E-state index contributed by atoms with van der Waals surface area (Å²) in [6.07, 6.45) is -33.2. The molecule has 1 unspecified atom stereocenters. The number of rotatable bonds is 9. The van der Waals surface area contributed by atoms with Gasteiger partial charge in [-0.25, -0.2) is 0 Å². The van der Waals surface area contributed by atoms with Crippen LogP contribution in [0.3, 0.4) is 0 Å². The second kappa shape index (κ2) is 15.0. The maximum Gasteiger partial charge on any atom is 0.187 e. The molecule has 0 aromatic rings. The van der Waals surface area contributed by atoms with Crippen molar-refractivity contribution < 1.29 is 99.5 Å². The normalized spacial score (nSPS) is 53.9. The molecule has 4 aliphatic heterocycles. The SMILES string of the molecule is C[C@@H]1OC(O)[C@H](O)[C@H](O)[C@H]1O[C@H]1O[C@H](CO[C@@H]2O[C@H](CO)[C@H](O[C@H]3O[C@H](CO)[C@@H](O)[C@H](O)[C@H]3O)[C@H](O)[C@H]2O)[C@@H](O)[C@H](O)[C@@H]1O. The Labute approximate surface area is 249 Å². The first kappa shape index (κ1) is 36.0. The first-order valence-corrected chi connectivity index (χ1v) is 14.0. The number of hydrogen-bond acceptors (Lipinski definition) is 20. The third kappa shape index (κ3) is 7.19. The molecule has 4 saturated heterocycles. The van der Waals surface area contributed by atoms with Crippen LogP contribution in [0.4, 0.5) is 0 Å². The predicted molar refractivity (Wildman–Crippen MR) is 132 cm³/mol. The molecule has 258 valence electrons. The standard InChI is InChI=1S/C24H42O20/c1-5-19(13(31)15(33)21(37)39-5)43-24-17(35)12(30)10(28)8(42-24)4-38-22-18(36)14(32)20(7(3-26)41-22)44-23-16(34)11(29)9(27)6(2-25)40-23/h5-37H,2-4H2,1H3/t5-,6+,7+,8+,9+,10+,11-,12-,13-,14+,15+,16+,17-,18+,19-,20-,21?,22+,23+,24+/m0/s1. The van der Waals surface area contributed by atoms with Crippen LogP contribution in [-0.2, 0) is 33.2 Å². The second-order valence-electron chi connectivity index (χ2n) is 11.2. The smallest absolute Gasteiger partial charge is 0.187 e. The molecule has 0 amide bonds. The van der Waals surface area contributed by atoms with Gasteiger partial charge in [-0.3, -0.25) is 0 Å². The number of ether oxygens (including phenoxy) is 7. The van der Waals surface area contributed by atoms with E-state index in [1.807, 2.05) is 0 Å². The van der Waals surface area contributed by atoms with Gasteiger partial charge in [-0.15, -0.1) is 0 Å². The fourth-order valence-electron chi connectivity index (χ4n) is 5.41. The highest BCUT2D eigenvalue weighted by atomic mass is 16.8. The maximum atomic E-state index is 10.8. The first-order valence-electron chi connectivity index (χ1n) is 14.0. The van der Waals surface area contributed by atoms with Gasteiger partial charge in [0.1, 0.15) is 91.6 Å². The summed E-state index contributed by atoms with van der Waals surface area (Å²) in [7, 11) is 0. The van der Waals surface area contributed by atoms with Crippen LogP contribution in [-0.4, -0.2) is 209 Å². The van der Waals surface area contributed by atoms with Gasteiger partial charge in [0.25, 0.3) is 0 Å². The van der Waals surface area contributed by atoms with Crippen molar-refractivity contribution >= 4 is 0 Å². The lowest BCUT2D eigenvalue weighted by Gasteiger charge is -2.47. The molecule has 4 aliphatic rings. The number of hydrogen-bond donors (Lipinski definition) is 13. The van der Waals surface area contributed by atoms with Crippen molar-refractivity contribution in [3.8, 4) is 0 Å². The zero-order valence-electron chi connectivity index (χ0n) is 23.3. The molecule has 0 saturated carbocycles. The second-order valence-corrected chi connectivity index (χ2v) is 11.2. The molecule has 20 heteroatoms. The van der Waals surface area contributed by atoms with Crippen LogP contribution in [0.5, 0.6) is 0 Å². The average molecular weight is 651 g/mol. The lowest BCUT2D eigenvalue weighted by molar-refractivity contribution is -0.370. The summed E-state index contributed by atoms with van der Waals surface area (Å²) in [5, 5.41) is 132. The summed E-state index contributed by atoms with van der Waals surface area (Å²) >= 11 is 0. The van der Waals surface area contributed by atoms with Crippen molar-refractivity contribution in [1.29, 1.82) is 0 Å². The number of aliphatic hydroxyl groups excluding tert-OH is 13. The molecular formula is C24H42O20. The molecule has 0 aliphatic carbocycles. The fourth-order valence-corrected chi connectivity index (χ4v) is 5.41. The Balaban J connectivity index is 1.38. The van der Waals surface area contributed by atoms with E-state index in [1.165, 1.54) is 6.92 Å². The average Bonchev–Trinajstić information content (AvgIpc) is 3.00. The summed E-state index contributed by atoms with van der Waals surface area (Å²) in [6, 6.07) is 0. The van der Waals surface area contributed by atoms with Crippen LogP contribution in [0.1, 0.15) is 6.92 Å². The number of aliphatic hydroxyl groups is 13. The van der Waals surface area contributed by atoms with E-state index in [0.29, 0.717) is 0 Å². The Kier molecular flexibility index (Phi) is 12.3. The molecule has 20 nitrogen and oxygen atoms in total. The molecule has 4 rings (SSSR count). The molecule has 4 heterocycles. The van der Waals surface area contributed by atoms with Gasteiger partial charge in [0.2, 0.25) is 0 Å².